The number of carbonyl (C=O) groups excluding carboxylic acids is 1. The Bertz CT molecular complexity index is 1090. The Kier molecular flexibility index (Phi) is 5.48. The second kappa shape index (κ2) is 8.36. The average molecular weight is 404 g/mol. The summed E-state index contributed by atoms with van der Waals surface area (Å²) < 4.78 is 3.84. The van der Waals surface area contributed by atoms with Gasteiger partial charge >= 0.3 is 0 Å². The van der Waals surface area contributed by atoms with Crippen molar-refractivity contribution in [3.8, 4) is 11.4 Å². The molecule has 0 unspecified atom stereocenters. The predicted molar refractivity (Wildman–Crippen MR) is 116 cm³/mol. The lowest BCUT2D eigenvalue weighted by molar-refractivity contribution is -0.115. The quantitative estimate of drug-likeness (QED) is 0.455. The number of benzene rings is 2. The maximum Gasteiger partial charge on any atom is 0.237 e. The molecular formula is C22H21N5OS. The second-order valence-corrected chi connectivity index (χ2v) is 7.57. The first-order chi connectivity index (χ1) is 14.1. The van der Waals surface area contributed by atoms with Gasteiger partial charge in [-0.25, -0.2) is 4.68 Å². The summed E-state index contributed by atoms with van der Waals surface area (Å²) >= 11 is 1.37. The molecule has 0 spiro atoms. The van der Waals surface area contributed by atoms with Crippen LogP contribution < -0.4 is 4.90 Å². The zero-order valence-corrected chi connectivity index (χ0v) is 17.1. The Labute approximate surface area is 173 Å². The second-order valence-electron chi connectivity index (χ2n) is 6.62. The largest absolute Gasteiger partial charge is 0.315 e. The minimum atomic E-state index is 0.000132. The number of hydrogen-bond acceptors (Lipinski definition) is 4. The first-order valence-electron chi connectivity index (χ1n) is 9.24. The fraction of sp³-hybridized carbons (Fsp3) is 0.136. The van der Waals surface area contributed by atoms with Gasteiger partial charge in [0.05, 0.1) is 5.75 Å². The van der Waals surface area contributed by atoms with Gasteiger partial charge < -0.3 is 4.90 Å². The molecule has 0 radical (unpaired) electrons. The molecule has 6 nitrogen and oxygen atoms in total. The minimum absolute atomic E-state index is 0.000132. The maximum absolute atomic E-state index is 12.7. The van der Waals surface area contributed by atoms with E-state index >= 15 is 0 Å². The molecule has 4 rings (SSSR count). The number of amides is 1. The van der Waals surface area contributed by atoms with E-state index in [1.54, 1.807) is 11.9 Å². The van der Waals surface area contributed by atoms with E-state index in [0.717, 1.165) is 17.1 Å². The van der Waals surface area contributed by atoms with Crippen LogP contribution in [0.5, 0.6) is 0 Å². The van der Waals surface area contributed by atoms with Gasteiger partial charge in [-0.15, -0.1) is 10.2 Å². The van der Waals surface area contributed by atoms with E-state index in [-0.39, 0.29) is 11.7 Å². The van der Waals surface area contributed by atoms with Gasteiger partial charge in [-0.05, 0) is 31.2 Å². The Balaban J connectivity index is 1.59. The number of para-hydroxylation sites is 1. The number of carbonyl (C=O) groups is 1. The van der Waals surface area contributed by atoms with Gasteiger partial charge in [0, 0.05) is 30.7 Å². The summed E-state index contributed by atoms with van der Waals surface area (Å²) in [5, 5.41) is 9.42. The summed E-state index contributed by atoms with van der Waals surface area (Å²) in [6.07, 6.45) is 3.87. The number of aromatic nitrogens is 4. The lowest BCUT2D eigenvalue weighted by Gasteiger charge is -2.17. The molecule has 1 amide bonds. The SMILES string of the molecule is Cc1ccc(-c2nnc(SCC(=O)N(C)c3ccccc3)n2-n2cccc2)cc1. The minimum Gasteiger partial charge on any atom is -0.315 e. The van der Waals surface area contributed by atoms with Crippen molar-refractivity contribution in [3.63, 3.8) is 0 Å². The first kappa shape index (κ1) is 19.0. The standard InChI is InChI=1S/C22H21N5OS/c1-17-10-12-18(13-11-17)21-23-24-22(27(21)26-14-6-7-15-26)29-16-20(28)25(2)19-8-4-3-5-9-19/h3-15H,16H2,1-2H3. The van der Waals surface area contributed by atoms with Gasteiger partial charge in [-0.2, -0.15) is 0 Å². The van der Waals surface area contributed by atoms with E-state index in [2.05, 4.69) is 29.3 Å². The van der Waals surface area contributed by atoms with Gasteiger partial charge in [-0.1, -0.05) is 59.8 Å². The van der Waals surface area contributed by atoms with Gasteiger partial charge in [0.15, 0.2) is 5.82 Å². The van der Waals surface area contributed by atoms with Crippen LogP contribution in [0.1, 0.15) is 5.56 Å². The lowest BCUT2D eigenvalue weighted by Crippen LogP contribution is -2.28. The Morgan fingerprint density at radius 2 is 1.66 bits per heavy atom. The Morgan fingerprint density at radius 1 is 0.966 bits per heavy atom. The van der Waals surface area contributed by atoms with Crippen molar-refractivity contribution < 1.29 is 4.79 Å². The molecule has 0 fully saturated rings. The summed E-state index contributed by atoms with van der Waals surface area (Å²) in [7, 11) is 1.78. The highest BCUT2D eigenvalue weighted by atomic mass is 32.2. The Morgan fingerprint density at radius 3 is 2.34 bits per heavy atom. The van der Waals surface area contributed by atoms with Gasteiger partial charge in [0.2, 0.25) is 11.1 Å². The highest BCUT2D eigenvalue weighted by molar-refractivity contribution is 7.99. The molecule has 2 heterocycles. The lowest BCUT2D eigenvalue weighted by atomic mass is 10.1. The van der Waals surface area contributed by atoms with Crippen LogP contribution in [0, 0.1) is 6.92 Å². The van der Waals surface area contributed by atoms with E-state index in [0.29, 0.717) is 5.16 Å². The molecule has 0 atom stereocenters. The zero-order chi connectivity index (χ0) is 20.2. The number of thioether (sulfide) groups is 1. The molecule has 0 aliphatic rings. The molecule has 0 aliphatic heterocycles. The normalized spacial score (nSPS) is 10.8. The number of anilines is 1. The molecule has 29 heavy (non-hydrogen) atoms. The maximum atomic E-state index is 12.7. The van der Waals surface area contributed by atoms with E-state index in [9.17, 15) is 4.79 Å². The van der Waals surface area contributed by atoms with Crippen molar-refractivity contribution in [1.29, 1.82) is 0 Å². The van der Waals surface area contributed by atoms with Crippen molar-refractivity contribution in [3.05, 3.63) is 84.7 Å². The number of nitrogens with zero attached hydrogens (tertiary/aromatic N) is 5. The van der Waals surface area contributed by atoms with Crippen molar-refractivity contribution in [2.45, 2.75) is 12.1 Å². The highest BCUT2D eigenvalue weighted by Gasteiger charge is 2.18. The topological polar surface area (TPSA) is 56.0 Å². The number of hydrogen-bond donors (Lipinski definition) is 0. The van der Waals surface area contributed by atoms with Crippen molar-refractivity contribution in [2.24, 2.45) is 0 Å². The van der Waals surface area contributed by atoms with Crippen molar-refractivity contribution >= 4 is 23.4 Å². The average Bonchev–Trinajstić information content (AvgIpc) is 3.42. The fourth-order valence-electron chi connectivity index (χ4n) is 2.92. The summed E-state index contributed by atoms with van der Waals surface area (Å²) in [5.41, 5.74) is 3.02. The molecule has 2 aromatic carbocycles. The van der Waals surface area contributed by atoms with Crippen LogP contribution in [0.15, 0.2) is 84.3 Å². The third-order valence-electron chi connectivity index (χ3n) is 4.58. The van der Waals surface area contributed by atoms with Crippen LogP contribution >= 0.6 is 11.8 Å². The van der Waals surface area contributed by atoms with E-state index < -0.39 is 0 Å². The Hall–Kier alpha value is -3.32. The van der Waals surface area contributed by atoms with Crippen molar-refractivity contribution in [2.75, 3.05) is 17.7 Å². The number of aryl methyl sites for hydroxylation is 1. The molecule has 0 saturated heterocycles. The molecule has 4 aromatic rings. The van der Waals surface area contributed by atoms with E-state index in [4.69, 9.17) is 0 Å². The molecule has 0 saturated carbocycles. The molecule has 0 aliphatic carbocycles. The first-order valence-corrected chi connectivity index (χ1v) is 10.2. The molecular weight excluding hydrogens is 382 g/mol. The fourth-order valence-corrected chi connectivity index (χ4v) is 3.77. The molecule has 7 heteroatoms. The van der Waals surface area contributed by atoms with Crippen LogP contribution in [0.3, 0.4) is 0 Å². The van der Waals surface area contributed by atoms with E-state index in [1.165, 1.54) is 17.3 Å². The molecule has 146 valence electrons. The van der Waals surface area contributed by atoms with Crippen LogP contribution in [0.2, 0.25) is 0 Å². The highest BCUT2D eigenvalue weighted by Crippen LogP contribution is 2.25. The zero-order valence-electron chi connectivity index (χ0n) is 16.3. The summed E-state index contributed by atoms with van der Waals surface area (Å²) in [5.74, 6) is 0.992. The van der Waals surface area contributed by atoms with Crippen LogP contribution in [-0.4, -0.2) is 38.3 Å². The van der Waals surface area contributed by atoms with Gasteiger partial charge in [0.1, 0.15) is 0 Å². The smallest absolute Gasteiger partial charge is 0.237 e. The summed E-state index contributed by atoms with van der Waals surface area (Å²) in [6, 6.07) is 21.7. The van der Waals surface area contributed by atoms with Crippen LogP contribution in [0.4, 0.5) is 5.69 Å². The predicted octanol–water partition coefficient (Wildman–Crippen LogP) is 4.12. The molecule has 2 aromatic heterocycles. The monoisotopic (exact) mass is 403 g/mol. The van der Waals surface area contributed by atoms with Crippen LogP contribution in [-0.2, 0) is 4.79 Å². The van der Waals surface area contributed by atoms with Gasteiger partial charge in [-0.3, -0.25) is 9.47 Å². The van der Waals surface area contributed by atoms with E-state index in [1.807, 2.05) is 76.3 Å². The van der Waals surface area contributed by atoms with Gasteiger partial charge in [0.25, 0.3) is 0 Å². The molecule has 0 N–H and O–H groups in total. The summed E-state index contributed by atoms with van der Waals surface area (Å²) in [6.45, 7) is 2.05. The third kappa shape index (κ3) is 4.09. The summed E-state index contributed by atoms with van der Waals surface area (Å²) in [4.78, 5) is 14.3. The third-order valence-corrected chi connectivity index (χ3v) is 5.49. The van der Waals surface area contributed by atoms with Crippen molar-refractivity contribution in [1.82, 2.24) is 19.5 Å². The molecule has 0 bridgehead atoms. The van der Waals surface area contributed by atoms with Crippen LogP contribution in [0.25, 0.3) is 11.4 Å². The number of rotatable bonds is 6.